The summed E-state index contributed by atoms with van der Waals surface area (Å²) in [6.07, 6.45) is 3.10. The van der Waals surface area contributed by atoms with E-state index in [1.807, 2.05) is 25.1 Å². The van der Waals surface area contributed by atoms with E-state index in [9.17, 15) is 4.57 Å². The van der Waals surface area contributed by atoms with Crippen LogP contribution in [0.5, 0.6) is 0 Å². The molecular formula is C11H13O4P. The molecule has 0 saturated carbocycles. The standard InChI is InChI=1S/C11H13O4P/c1-3-9-7-5-6-8-10(9)11(4-2)15-16(12,13)14/h3-8H,2H2,1H3,(H2,12,13,14)/b9-3-,11-10+. The van der Waals surface area contributed by atoms with Crippen LogP contribution in [0, 0.1) is 0 Å². The first-order valence-electron chi connectivity index (χ1n) is 4.61. The van der Waals surface area contributed by atoms with Crippen LogP contribution in [0.25, 0.3) is 11.8 Å². The van der Waals surface area contributed by atoms with Crippen molar-refractivity contribution in [1.29, 1.82) is 0 Å². The molecule has 0 fully saturated rings. The SMILES string of the molecule is C=C/C(OP(=O)(O)O)=c1/cccc/c1=C/C. The monoisotopic (exact) mass is 240 g/mol. The first kappa shape index (κ1) is 12.7. The average Bonchev–Trinajstić information content (AvgIpc) is 2.24. The second kappa shape index (κ2) is 5.12. The fourth-order valence-electron chi connectivity index (χ4n) is 1.30. The van der Waals surface area contributed by atoms with Crippen molar-refractivity contribution in [2.24, 2.45) is 0 Å². The van der Waals surface area contributed by atoms with Crippen LogP contribution >= 0.6 is 7.82 Å². The first-order valence-corrected chi connectivity index (χ1v) is 6.14. The molecule has 1 aromatic rings. The predicted octanol–water partition coefficient (Wildman–Crippen LogP) is 0.890. The normalized spacial score (nSPS) is 14.6. The van der Waals surface area contributed by atoms with Crippen LogP contribution in [0.15, 0.2) is 36.9 Å². The highest BCUT2D eigenvalue weighted by atomic mass is 31.2. The molecule has 0 amide bonds. The van der Waals surface area contributed by atoms with E-state index in [4.69, 9.17) is 9.79 Å². The van der Waals surface area contributed by atoms with Crippen LogP contribution in [0.4, 0.5) is 0 Å². The van der Waals surface area contributed by atoms with E-state index in [0.29, 0.717) is 5.22 Å². The van der Waals surface area contributed by atoms with Crippen LogP contribution in [0.2, 0.25) is 0 Å². The highest BCUT2D eigenvalue weighted by Gasteiger charge is 2.16. The van der Waals surface area contributed by atoms with Gasteiger partial charge in [-0.15, -0.1) is 0 Å². The van der Waals surface area contributed by atoms with E-state index in [-0.39, 0.29) is 5.76 Å². The molecule has 5 heteroatoms. The van der Waals surface area contributed by atoms with Crippen molar-refractivity contribution in [2.45, 2.75) is 6.92 Å². The minimum Gasteiger partial charge on any atom is -0.404 e. The molecule has 0 aliphatic rings. The number of hydrogen-bond acceptors (Lipinski definition) is 2. The molecule has 0 heterocycles. The van der Waals surface area contributed by atoms with Crippen LogP contribution < -0.4 is 10.4 Å². The van der Waals surface area contributed by atoms with E-state index in [0.717, 1.165) is 5.22 Å². The number of benzene rings is 1. The second-order valence-electron chi connectivity index (χ2n) is 3.03. The largest absolute Gasteiger partial charge is 0.524 e. The fraction of sp³-hybridized carbons (Fsp3) is 0.0909. The lowest BCUT2D eigenvalue weighted by molar-refractivity contribution is 0.269. The third kappa shape index (κ3) is 3.35. The molecule has 1 aromatic carbocycles. The van der Waals surface area contributed by atoms with E-state index in [2.05, 4.69) is 11.1 Å². The van der Waals surface area contributed by atoms with Crippen LogP contribution in [-0.4, -0.2) is 9.79 Å². The Morgan fingerprint density at radius 1 is 1.44 bits per heavy atom. The van der Waals surface area contributed by atoms with E-state index < -0.39 is 7.82 Å². The topological polar surface area (TPSA) is 66.8 Å². The quantitative estimate of drug-likeness (QED) is 0.770. The van der Waals surface area contributed by atoms with Gasteiger partial charge in [0.15, 0.2) is 0 Å². The summed E-state index contributed by atoms with van der Waals surface area (Å²) in [6.45, 7) is 5.31. The van der Waals surface area contributed by atoms with Gasteiger partial charge in [0.2, 0.25) is 0 Å². The molecule has 1 rings (SSSR count). The molecule has 0 atom stereocenters. The molecule has 0 aliphatic carbocycles. The zero-order chi connectivity index (χ0) is 12.2. The number of rotatable bonds is 3. The fourth-order valence-corrected chi connectivity index (χ4v) is 1.73. The number of phosphoric acid groups is 1. The van der Waals surface area contributed by atoms with Gasteiger partial charge in [-0.05, 0) is 18.2 Å². The maximum absolute atomic E-state index is 10.8. The van der Waals surface area contributed by atoms with Gasteiger partial charge in [-0.1, -0.05) is 36.9 Å². The van der Waals surface area contributed by atoms with Gasteiger partial charge in [0.25, 0.3) is 0 Å². The van der Waals surface area contributed by atoms with Crippen LogP contribution in [-0.2, 0) is 9.09 Å². The predicted molar refractivity (Wildman–Crippen MR) is 62.6 cm³/mol. The van der Waals surface area contributed by atoms with E-state index >= 15 is 0 Å². The molecule has 0 radical (unpaired) electrons. The maximum Gasteiger partial charge on any atom is 0.524 e. The molecule has 0 aromatic heterocycles. The van der Waals surface area contributed by atoms with Gasteiger partial charge in [0, 0.05) is 5.22 Å². The summed E-state index contributed by atoms with van der Waals surface area (Å²) >= 11 is 0. The highest BCUT2D eigenvalue weighted by molar-refractivity contribution is 7.46. The molecular weight excluding hydrogens is 227 g/mol. The molecule has 16 heavy (non-hydrogen) atoms. The molecule has 0 saturated heterocycles. The van der Waals surface area contributed by atoms with Crippen LogP contribution in [0.1, 0.15) is 6.92 Å². The van der Waals surface area contributed by atoms with Gasteiger partial charge in [-0.3, -0.25) is 9.79 Å². The minimum atomic E-state index is -4.56. The van der Waals surface area contributed by atoms with Crippen molar-refractivity contribution in [3.8, 4) is 0 Å². The molecule has 0 bridgehead atoms. The molecule has 86 valence electrons. The Balaban J connectivity index is 3.50. The summed E-state index contributed by atoms with van der Waals surface area (Å²) < 4.78 is 15.3. The lowest BCUT2D eigenvalue weighted by Crippen LogP contribution is -2.26. The maximum atomic E-state index is 10.8. The lowest BCUT2D eigenvalue weighted by Gasteiger charge is -2.07. The summed E-state index contributed by atoms with van der Waals surface area (Å²) in [6, 6.07) is 7.12. The van der Waals surface area contributed by atoms with Gasteiger partial charge in [0.1, 0.15) is 5.76 Å². The van der Waals surface area contributed by atoms with E-state index in [1.165, 1.54) is 6.08 Å². The average molecular weight is 240 g/mol. The summed E-state index contributed by atoms with van der Waals surface area (Å²) in [5, 5.41) is 1.43. The van der Waals surface area contributed by atoms with Crippen LogP contribution in [0.3, 0.4) is 0 Å². The Labute approximate surface area is 93.4 Å². The Hall–Kier alpha value is -1.35. The molecule has 0 unspecified atom stereocenters. The third-order valence-corrected chi connectivity index (χ3v) is 2.37. The zero-order valence-corrected chi connectivity index (χ0v) is 9.72. The lowest BCUT2D eigenvalue weighted by atomic mass is 10.2. The van der Waals surface area contributed by atoms with Crippen molar-refractivity contribution >= 4 is 19.7 Å². The molecule has 0 spiro atoms. The molecule has 0 aliphatic heterocycles. The first-order chi connectivity index (χ1) is 7.48. The Morgan fingerprint density at radius 3 is 2.56 bits per heavy atom. The van der Waals surface area contributed by atoms with Gasteiger partial charge in [0.05, 0.1) is 0 Å². The summed E-state index contributed by atoms with van der Waals surface area (Å²) in [7, 11) is -4.56. The van der Waals surface area contributed by atoms with Gasteiger partial charge in [-0.25, -0.2) is 4.57 Å². The summed E-state index contributed by atoms with van der Waals surface area (Å²) in [4.78, 5) is 17.5. The number of phosphoric ester groups is 1. The summed E-state index contributed by atoms with van der Waals surface area (Å²) in [5.41, 5.74) is 0. The molecule has 2 N–H and O–H groups in total. The Morgan fingerprint density at radius 2 is 2.06 bits per heavy atom. The van der Waals surface area contributed by atoms with Crippen molar-refractivity contribution in [3.63, 3.8) is 0 Å². The smallest absolute Gasteiger partial charge is 0.404 e. The highest BCUT2D eigenvalue weighted by Crippen LogP contribution is 2.39. The Kier molecular flexibility index (Phi) is 4.07. The zero-order valence-electron chi connectivity index (χ0n) is 8.83. The van der Waals surface area contributed by atoms with Gasteiger partial charge in [-0.2, -0.15) is 0 Å². The Bertz CT molecular complexity index is 541. The van der Waals surface area contributed by atoms with Gasteiger partial charge < -0.3 is 4.52 Å². The minimum absolute atomic E-state index is 0.0713. The van der Waals surface area contributed by atoms with Crippen molar-refractivity contribution in [3.05, 3.63) is 47.4 Å². The van der Waals surface area contributed by atoms with Gasteiger partial charge >= 0.3 is 7.82 Å². The second-order valence-corrected chi connectivity index (χ2v) is 4.19. The van der Waals surface area contributed by atoms with E-state index in [1.54, 1.807) is 12.1 Å². The van der Waals surface area contributed by atoms with Crippen molar-refractivity contribution in [1.82, 2.24) is 0 Å². The number of hydrogen-bond donors (Lipinski definition) is 2. The van der Waals surface area contributed by atoms with Crippen molar-refractivity contribution < 1.29 is 18.9 Å². The third-order valence-electron chi connectivity index (χ3n) is 1.94. The molecule has 4 nitrogen and oxygen atoms in total. The summed E-state index contributed by atoms with van der Waals surface area (Å²) in [5.74, 6) is 0.0713. The van der Waals surface area contributed by atoms with Crippen molar-refractivity contribution in [2.75, 3.05) is 0 Å².